The second-order valence-corrected chi connectivity index (χ2v) is 6.44. The van der Waals surface area contributed by atoms with Gasteiger partial charge in [0, 0.05) is 4.47 Å². The number of halogens is 1. The highest BCUT2D eigenvalue weighted by Gasteiger charge is 2.29. The van der Waals surface area contributed by atoms with Crippen LogP contribution in [0.25, 0.3) is 0 Å². The van der Waals surface area contributed by atoms with Crippen molar-refractivity contribution >= 4 is 15.9 Å². The summed E-state index contributed by atoms with van der Waals surface area (Å²) in [5, 5.41) is 18.6. The highest BCUT2D eigenvalue weighted by Crippen LogP contribution is 2.38. The van der Waals surface area contributed by atoms with Gasteiger partial charge in [0.15, 0.2) is 0 Å². The van der Waals surface area contributed by atoms with Crippen LogP contribution in [0.2, 0.25) is 0 Å². The summed E-state index contributed by atoms with van der Waals surface area (Å²) >= 11 is 3.57. The molecule has 2 nitrogen and oxygen atoms in total. The molecule has 94 valence electrons. The first kappa shape index (κ1) is 14.7. The molecule has 0 bridgehead atoms. The summed E-state index contributed by atoms with van der Waals surface area (Å²) in [5.41, 5.74) is 1.78. The Morgan fingerprint density at radius 2 is 1.28 bits per heavy atom. The van der Waals surface area contributed by atoms with E-state index in [-0.39, 0.29) is 0 Å². The van der Waals surface area contributed by atoms with Gasteiger partial charge in [0.2, 0.25) is 0 Å². The van der Waals surface area contributed by atoms with Gasteiger partial charge in [-0.3, -0.25) is 0 Å². The molecule has 0 heterocycles. The number of aryl methyl sites for hydroxylation is 1. The average Bonchev–Trinajstić information content (AvgIpc) is 2.31. The molecule has 1 rings (SSSR count). The Morgan fingerprint density at radius 3 is 1.56 bits per heavy atom. The van der Waals surface area contributed by atoms with Crippen LogP contribution in [0, 0.1) is 29.6 Å². The lowest BCUT2D eigenvalue weighted by Crippen LogP contribution is -2.20. The Morgan fingerprint density at radius 1 is 0.944 bits per heavy atom. The number of hydrogen-bond donors (Lipinski definition) is 0. The van der Waals surface area contributed by atoms with E-state index in [1.165, 1.54) is 0 Å². The number of nitriles is 2. The highest BCUT2D eigenvalue weighted by atomic mass is 79.9. The van der Waals surface area contributed by atoms with Crippen molar-refractivity contribution in [3.05, 3.63) is 33.3 Å². The highest BCUT2D eigenvalue weighted by molar-refractivity contribution is 9.10. The molecule has 0 aliphatic heterocycles. The number of hydrogen-bond acceptors (Lipinski definition) is 2. The lowest BCUT2D eigenvalue weighted by molar-refractivity contribution is 0.653. The summed E-state index contributed by atoms with van der Waals surface area (Å²) in [6, 6.07) is 8.63. The molecule has 18 heavy (non-hydrogen) atoms. The van der Waals surface area contributed by atoms with E-state index in [1.807, 2.05) is 46.8 Å². The summed E-state index contributed by atoms with van der Waals surface area (Å²) in [6.07, 6.45) is 0. The molecule has 0 aliphatic carbocycles. The summed E-state index contributed by atoms with van der Waals surface area (Å²) in [4.78, 5) is 0. The van der Waals surface area contributed by atoms with E-state index in [4.69, 9.17) is 0 Å². The van der Waals surface area contributed by atoms with Gasteiger partial charge in [-0.15, -0.1) is 0 Å². The van der Waals surface area contributed by atoms with Gasteiger partial charge in [0.1, 0.15) is 0 Å². The first-order valence-electron chi connectivity index (χ1n) is 5.79. The van der Waals surface area contributed by atoms with E-state index >= 15 is 0 Å². The van der Waals surface area contributed by atoms with Crippen molar-refractivity contribution in [2.24, 2.45) is 0 Å². The second kappa shape index (κ2) is 4.75. The monoisotopic (exact) mass is 304 g/mol. The van der Waals surface area contributed by atoms with E-state index in [1.54, 1.807) is 0 Å². The zero-order chi connectivity index (χ0) is 14.1. The van der Waals surface area contributed by atoms with Gasteiger partial charge in [-0.1, -0.05) is 33.6 Å². The first-order valence-corrected chi connectivity index (χ1v) is 6.58. The van der Waals surface area contributed by atoms with Crippen LogP contribution in [0.3, 0.4) is 0 Å². The Balaban J connectivity index is 3.63. The molecule has 0 saturated carbocycles. The SMILES string of the molecule is Cc1cc(C(C)(C)C#N)c(Br)c(C(C)(C)C#N)c1. The Hall–Kier alpha value is -1.32. The minimum atomic E-state index is -0.578. The molecular formula is C15H17BrN2. The lowest BCUT2D eigenvalue weighted by atomic mass is 9.79. The Kier molecular flexibility index (Phi) is 3.89. The molecular weight excluding hydrogens is 288 g/mol. The van der Waals surface area contributed by atoms with E-state index in [2.05, 4.69) is 28.1 Å². The largest absolute Gasteiger partial charge is 0.197 e. The van der Waals surface area contributed by atoms with Crippen LogP contribution in [-0.4, -0.2) is 0 Å². The van der Waals surface area contributed by atoms with Gasteiger partial charge < -0.3 is 0 Å². The Bertz CT molecular complexity index is 510. The minimum absolute atomic E-state index is 0.578. The molecule has 0 amide bonds. The van der Waals surface area contributed by atoms with Crippen molar-refractivity contribution in [1.82, 2.24) is 0 Å². The standard InChI is InChI=1S/C15H17BrN2/c1-10-6-11(14(2,3)8-17)13(16)12(7-10)15(4,5)9-18/h6-7H,1-5H3. The fourth-order valence-electron chi connectivity index (χ4n) is 1.80. The molecule has 0 unspecified atom stereocenters. The molecule has 1 aromatic rings. The maximum Gasteiger partial charge on any atom is 0.0777 e. The van der Waals surface area contributed by atoms with E-state index < -0.39 is 10.8 Å². The molecule has 0 atom stereocenters. The molecule has 1 aromatic carbocycles. The lowest BCUT2D eigenvalue weighted by Gasteiger charge is -2.25. The average molecular weight is 305 g/mol. The molecule has 0 radical (unpaired) electrons. The summed E-state index contributed by atoms with van der Waals surface area (Å²) in [7, 11) is 0. The molecule has 0 N–H and O–H groups in total. The van der Waals surface area contributed by atoms with Gasteiger partial charge in [0.05, 0.1) is 23.0 Å². The molecule has 0 saturated heterocycles. The van der Waals surface area contributed by atoms with Crippen molar-refractivity contribution in [3.63, 3.8) is 0 Å². The molecule has 0 fully saturated rings. The molecule has 0 spiro atoms. The van der Waals surface area contributed by atoms with E-state index in [0.717, 1.165) is 21.2 Å². The van der Waals surface area contributed by atoms with Crippen LogP contribution in [0.15, 0.2) is 16.6 Å². The van der Waals surface area contributed by atoms with Crippen LogP contribution in [0.4, 0.5) is 0 Å². The smallest absolute Gasteiger partial charge is 0.0777 e. The third kappa shape index (κ3) is 2.57. The predicted octanol–water partition coefficient (Wildman–Crippen LogP) is 4.36. The van der Waals surface area contributed by atoms with Crippen molar-refractivity contribution in [2.45, 2.75) is 45.4 Å². The van der Waals surface area contributed by atoms with E-state index in [9.17, 15) is 10.5 Å². The van der Waals surface area contributed by atoms with Crippen molar-refractivity contribution in [3.8, 4) is 12.1 Å². The van der Waals surface area contributed by atoms with Gasteiger partial charge in [-0.2, -0.15) is 10.5 Å². The van der Waals surface area contributed by atoms with Crippen LogP contribution in [0.5, 0.6) is 0 Å². The zero-order valence-corrected chi connectivity index (χ0v) is 13.0. The van der Waals surface area contributed by atoms with Crippen LogP contribution < -0.4 is 0 Å². The number of benzene rings is 1. The quantitative estimate of drug-likeness (QED) is 0.815. The number of rotatable bonds is 2. The van der Waals surface area contributed by atoms with Crippen molar-refractivity contribution in [1.29, 1.82) is 10.5 Å². The zero-order valence-electron chi connectivity index (χ0n) is 11.4. The number of nitrogens with zero attached hydrogens (tertiary/aromatic N) is 2. The van der Waals surface area contributed by atoms with Crippen LogP contribution in [0.1, 0.15) is 44.4 Å². The molecule has 0 aromatic heterocycles. The van der Waals surface area contributed by atoms with Crippen LogP contribution >= 0.6 is 15.9 Å². The normalized spacial score (nSPS) is 11.8. The van der Waals surface area contributed by atoms with Crippen molar-refractivity contribution < 1.29 is 0 Å². The van der Waals surface area contributed by atoms with Gasteiger partial charge in [-0.25, -0.2) is 0 Å². The third-order valence-electron chi connectivity index (χ3n) is 3.12. The summed E-state index contributed by atoms with van der Waals surface area (Å²) < 4.78 is 0.867. The first-order chi connectivity index (χ1) is 8.15. The summed E-state index contributed by atoms with van der Waals surface area (Å²) in [5.74, 6) is 0. The maximum atomic E-state index is 9.28. The third-order valence-corrected chi connectivity index (χ3v) is 3.98. The Labute approximate surface area is 117 Å². The molecule has 0 aliphatic rings. The topological polar surface area (TPSA) is 47.6 Å². The summed E-state index contributed by atoms with van der Waals surface area (Å²) in [6.45, 7) is 9.52. The second-order valence-electron chi connectivity index (χ2n) is 5.65. The van der Waals surface area contributed by atoms with Gasteiger partial charge in [-0.05, 0) is 45.7 Å². The fraction of sp³-hybridized carbons (Fsp3) is 0.467. The fourth-order valence-corrected chi connectivity index (χ4v) is 3.02. The maximum absolute atomic E-state index is 9.28. The molecule has 3 heteroatoms. The van der Waals surface area contributed by atoms with Crippen LogP contribution in [-0.2, 0) is 10.8 Å². The minimum Gasteiger partial charge on any atom is -0.197 e. The van der Waals surface area contributed by atoms with E-state index in [0.29, 0.717) is 0 Å². The predicted molar refractivity (Wildman–Crippen MR) is 76.2 cm³/mol. The van der Waals surface area contributed by atoms with Gasteiger partial charge in [0.25, 0.3) is 0 Å². The van der Waals surface area contributed by atoms with Gasteiger partial charge >= 0.3 is 0 Å². The van der Waals surface area contributed by atoms with Crippen molar-refractivity contribution in [2.75, 3.05) is 0 Å².